The summed E-state index contributed by atoms with van der Waals surface area (Å²) in [5.74, 6) is -0.713. The number of hydrogen-bond acceptors (Lipinski definition) is 4. The molecule has 152 valence electrons. The molecule has 1 heterocycles. The Hall–Kier alpha value is -4.39. The van der Waals surface area contributed by atoms with Crippen LogP contribution in [-0.4, -0.2) is 20.5 Å². The molecule has 31 heavy (non-hydrogen) atoms. The Morgan fingerprint density at radius 2 is 1.74 bits per heavy atom. The highest BCUT2D eigenvalue weighted by Gasteiger charge is 2.14. The normalized spacial score (nSPS) is 11.0. The van der Waals surface area contributed by atoms with Crippen molar-refractivity contribution in [3.63, 3.8) is 0 Å². The van der Waals surface area contributed by atoms with Crippen LogP contribution < -0.4 is 0 Å². The van der Waals surface area contributed by atoms with Gasteiger partial charge in [-0.1, -0.05) is 30.3 Å². The van der Waals surface area contributed by atoms with Crippen LogP contribution in [0.25, 0.3) is 23.0 Å². The Labute approximate surface area is 177 Å². The van der Waals surface area contributed by atoms with Crippen LogP contribution >= 0.6 is 0 Å². The molecule has 0 N–H and O–H groups in total. The summed E-state index contributed by atoms with van der Waals surface area (Å²) in [6.45, 7) is 0. The number of carbonyl (C=O) groups excluding carboxylic acids is 1. The summed E-state index contributed by atoms with van der Waals surface area (Å²) < 4.78 is 14.8. The average Bonchev–Trinajstić information content (AvgIpc) is 3.23. The van der Waals surface area contributed by atoms with Gasteiger partial charge in [0.15, 0.2) is 5.78 Å². The maximum atomic E-state index is 13.1. The number of nitro groups is 1. The maximum absolute atomic E-state index is 13.1. The minimum absolute atomic E-state index is 0.0518. The molecule has 0 fully saturated rings. The lowest BCUT2D eigenvalue weighted by Gasteiger charge is -2.01. The molecule has 6 nitrogen and oxygen atoms in total. The molecule has 0 bridgehead atoms. The van der Waals surface area contributed by atoms with Gasteiger partial charge in [-0.25, -0.2) is 9.07 Å². The SMILES string of the molecule is O=C(/C=C/c1cn(-c2ccccc2)nc1-c1cccc([N+](=O)[O-])c1)c1ccc(F)cc1. The Morgan fingerprint density at radius 1 is 1.00 bits per heavy atom. The zero-order valence-electron chi connectivity index (χ0n) is 16.2. The summed E-state index contributed by atoms with van der Waals surface area (Å²) in [5, 5.41) is 15.8. The van der Waals surface area contributed by atoms with E-state index in [9.17, 15) is 19.3 Å². The number of aromatic nitrogens is 2. The van der Waals surface area contributed by atoms with Gasteiger partial charge < -0.3 is 0 Å². The fourth-order valence-corrected chi connectivity index (χ4v) is 3.09. The standard InChI is InChI=1S/C24H16FN3O3/c25-20-12-9-17(10-13-20)23(29)14-11-19-16-27(21-6-2-1-3-7-21)26-24(19)18-5-4-8-22(15-18)28(30)31/h1-16H/b14-11+. The molecule has 0 saturated heterocycles. The van der Waals surface area contributed by atoms with Crippen molar-refractivity contribution in [3.8, 4) is 16.9 Å². The van der Waals surface area contributed by atoms with E-state index in [1.165, 1.54) is 42.5 Å². The third-order valence-electron chi connectivity index (χ3n) is 4.64. The van der Waals surface area contributed by atoms with Crippen molar-refractivity contribution >= 4 is 17.5 Å². The monoisotopic (exact) mass is 413 g/mol. The molecule has 0 saturated carbocycles. The number of nitro benzene ring substituents is 1. The third-order valence-corrected chi connectivity index (χ3v) is 4.64. The van der Waals surface area contributed by atoms with Gasteiger partial charge in [0.1, 0.15) is 11.5 Å². The fourth-order valence-electron chi connectivity index (χ4n) is 3.09. The van der Waals surface area contributed by atoms with Crippen molar-refractivity contribution in [2.45, 2.75) is 0 Å². The van der Waals surface area contributed by atoms with E-state index in [0.29, 0.717) is 22.4 Å². The molecule has 0 aliphatic heterocycles. The molecule has 0 aliphatic carbocycles. The Kier molecular flexibility index (Phi) is 5.49. The molecule has 0 unspecified atom stereocenters. The van der Waals surface area contributed by atoms with E-state index in [4.69, 9.17) is 0 Å². The fraction of sp³-hybridized carbons (Fsp3) is 0. The van der Waals surface area contributed by atoms with Crippen LogP contribution in [0.15, 0.2) is 91.1 Å². The lowest BCUT2D eigenvalue weighted by atomic mass is 10.1. The van der Waals surface area contributed by atoms with E-state index in [1.54, 1.807) is 29.1 Å². The molecule has 0 spiro atoms. The maximum Gasteiger partial charge on any atom is 0.270 e. The van der Waals surface area contributed by atoms with E-state index >= 15 is 0 Å². The van der Waals surface area contributed by atoms with Gasteiger partial charge in [0, 0.05) is 35.0 Å². The number of para-hydroxylation sites is 1. The van der Waals surface area contributed by atoms with E-state index in [1.807, 2.05) is 30.3 Å². The lowest BCUT2D eigenvalue weighted by Crippen LogP contribution is -1.94. The molecule has 3 aromatic carbocycles. The zero-order valence-corrected chi connectivity index (χ0v) is 16.2. The highest BCUT2D eigenvalue weighted by atomic mass is 19.1. The Morgan fingerprint density at radius 3 is 2.45 bits per heavy atom. The summed E-state index contributed by atoms with van der Waals surface area (Å²) in [6.07, 6.45) is 4.73. The predicted octanol–water partition coefficient (Wildman–Crippen LogP) is 5.48. The van der Waals surface area contributed by atoms with Crippen molar-refractivity contribution in [3.05, 3.63) is 118 Å². The Bertz CT molecular complexity index is 1280. The molecule has 0 amide bonds. The minimum Gasteiger partial charge on any atom is -0.289 e. The van der Waals surface area contributed by atoms with Crippen molar-refractivity contribution in [1.82, 2.24) is 9.78 Å². The molecule has 4 rings (SSSR count). The first kappa shape index (κ1) is 19.9. The van der Waals surface area contributed by atoms with E-state index < -0.39 is 10.7 Å². The van der Waals surface area contributed by atoms with Crippen LogP contribution in [0.3, 0.4) is 0 Å². The van der Waals surface area contributed by atoms with E-state index in [2.05, 4.69) is 5.10 Å². The molecule has 0 radical (unpaired) electrons. The topological polar surface area (TPSA) is 78.0 Å². The minimum atomic E-state index is -0.467. The molecule has 0 aliphatic rings. The summed E-state index contributed by atoms with van der Waals surface area (Å²) >= 11 is 0. The number of ketones is 1. The number of rotatable bonds is 6. The molecule has 7 heteroatoms. The zero-order chi connectivity index (χ0) is 21.8. The highest BCUT2D eigenvalue weighted by Crippen LogP contribution is 2.28. The molecule has 4 aromatic rings. The van der Waals surface area contributed by atoms with Gasteiger partial charge in [0.05, 0.1) is 10.6 Å². The first-order chi connectivity index (χ1) is 15.0. The highest BCUT2D eigenvalue weighted by molar-refractivity contribution is 6.07. The number of carbonyl (C=O) groups is 1. The molecule has 1 aromatic heterocycles. The smallest absolute Gasteiger partial charge is 0.270 e. The number of nitrogens with zero attached hydrogens (tertiary/aromatic N) is 3. The van der Waals surface area contributed by atoms with Crippen LogP contribution in [0, 0.1) is 15.9 Å². The lowest BCUT2D eigenvalue weighted by molar-refractivity contribution is -0.384. The van der Waals surface area contributed by atoms with Crippen molar-refractivity contribution in [1.29, 1.82) is 0 Å². The van der Waals surface area contributed by atoms with Crippen LogP contribution in [0.5, 0.6) is 0 Å². The van der Waals surface area contributed by atoms with Crippen LogP contribution in [-0.2, 0) is 0 Å². The molecular formula is C24H16FN3O3. The van der Waals surface area contributed by atoms with Gasteiger partial charge in [-0.2, -0.15) is 5.10 Å². The average molecular weight is 413 g/mol. The van der Waals surface area contributed by atoms with E-state index in [0.717, 1.165) is 5.69 Å². The van der Waals surface area contributed by atoms with Crippen molar-refractivity contribution < 1.29 is 14.1 Å². The summed E-state index contributed by atoms with van der Waals surface area (Å²) in [5.41, 5.74) is 2.76. The van der Waals surface area contributed by atoms with Crippen molar-refractivity contribution in [2.24, 2.45) is 0 Å². The largest absolute Gasteiger partial charge is 0.289 e. The van der Waals surface area contributed by atoms with Crippen molar-refractivity contribution in [2.75, 3.05) is 0 Å². The van der Waals surface area contributed by atoms with Crippen LogP contribution in [0.2, 0.25) is 0 Å². The third kappa shape index (κ3) is 4.45. The van der Waals surface area contributed by atoms with Gasteiger partial charge in [-0.05, 0) is 48.6 Å². The van der Waals surface area contributed by atoms with Gasteiger partial charge in [0.25, 0.3) is 5.69 Å². The quantitative estimate of drug-likeness (QED) is 0.181. The predicted molar refractivity (Wildman–Crippen MR) is 115 cm³/mol. The van der Waals surface area contributed by atoms with Crippen LogP contribution in [0.4, 0.5) is 10.1 Å². The number of non-ortho nitro benzene ring substituents is 1. The van der Waals surface area contributed by atoms with Crippen LogP contribution in [0.1, 0.15) is 15.9 Å². The molecule has 0 atom stereocenters. The summed E-state index contributed by atoms with van der Waals surface area (Å²) in [7, 11) is 0. The second-order valence-electron chi connectivity index (χ2n) is 6.73. The number of allylic oxidation sites excluding steroid dienone is 1. The van der Waals surface area contributed by atoms with E-state index in [-0.39, 0.29) is 11.5 Å². The second-order valence-corrected chi connectivity index (χ2v) is 6.73. The molecular weight excluding hydrogens is 397 g/mol. The van der Waals surface area contributed by atoms with Gasteiger partial charge in [0.2, 0.25) is 0 Å². The first-order valence-electron chi connectivity index (χ1n) is 9.39. The second kappa shape index (κ2) is 8.54. The number of halogens is 1. The summed E-state index contributed by atoms with van der Waals surface area (Å²) in [6, 6.07) is 20.8. The van der Waals surface area contributed by atoms with Gasteiger partial charge >= 0.3 is 0 Å². The summed E-state index contributed by atoms with van der Waals surface area (Å²) in [4.78, 5) is 23.2. The van der Waals surface area contributed by atoms with Gasteiger partial charge in [-0.15, -0.1) is 0 Å². The number of hydrogen-bond donors (Lipinski definition) is 0. The number of benzene rings is 3. The Balaban J connectivity index is 1.76. The first-order valence-corrected chi connectivity index (χ1v) is 9.39. The van der Waals surface area contributed by atoms with Gasteiger partial charge in [-0.3, -0.25) is 14.9 Å².